The molecule has 3 nitrogen and oxygen atoms in total. The predicted octanol–water partition coefficient (Wildman–Crippen LogP) is 3.37. The molecule has 0 spiro atoms. The van der Waals surface area contributed by atoms with E-state index in [2.05, 4.69) is 4.90 Å². The number of anilines is 1. The van der Waals surface area contributed by atoms with Gasteiger partial charge in [0.25, 0.3) is 5.91 Å². The molecule has 1 heterocycles. The van der Waals surface area contributed by atoms with Crippen molar-refractivity contribution >= 4 is 11.6 Å². The van der Waals surface area contributed by atoms with Gasteiger partial charge in [-0.2, -0.15) is 0 Å². The van der Waals surface area contributed by atoms with Gasteiger partial charge in [-0.1, -0.05) is 18.9 Å². The highest BCUT2D eigenvalue weighted by Crippen LogP contribution is 2.36. The molecule has 0 unspecified atom stereocenters. The van der Waals surface area contributed by atoms with Crippen LogP contribution in [0.3, 0.4) is 0 Å². The number of piperidine rings is 1. The Morgan fingerprint density at radius 3 is 2.80 bits per heavy atom. The first-order chi connectivity index (χ1) is 9.68. The minimum absolute atomic E-state index is 0.186. The second-order valence-corrected chi connectivity index (χ2v) is 6.27. The normalized spacial score (nSPS) is 26.1. The second-order valence-electron chi connectivity index (χ2n) is 6.27. The molecule has 3 heteroatoms. The summed E-state index contributed by atoms with van der Waals surface area (Å²) in [6, 6.07) is 6.13. The van der Waals surface area contributed by atoms with Gasteiger partial charge >= 0.3 is 0 Å². The van der Waals surface area contributed by atoms with E-state index >= 15 is 0 Å². The Bertz CT molecular complexity index is 510. The molecule has 1 saturated carbocycles. The van der Waals surface area contributed by atoms with E-state index in [1.807, 2.05) is 25.1 Å². The maximum Gasteiger partial charge on any atom is 0.254 e. The van der Waals surface area contributed by atoms with Gasteiger partial charge in [-0.05, 0) is 56.2 Å². The Kier molecular flexibility index (Phi) is 3.68. The fraction of sp³-hybridized carbons (Fsp3) is 0.588. The largest absolute Gasteiger partial charge is 0.398 e. The highest BCUT2D eigenvalue weighted by Gasteiger charge is 2.36. The first-order valence-electron chi connectivity index (χ1n) is 7.84. The topological polar surface area (TPSA) is 46.3 Å². The quantitative estimate of drug-likeness (QED) is 0.797. The maximum atomic E-state index is 12.9. The SMILES string of the molecule is Cc1c(N)cccc1C(=O)N1CCC[C@H]2CCCC[C@H]21. The van der Waals surface area contributed by atoms with Crippen LogP contribution in [0.25, 0.3) is 0 Å². The summed E-state index contributed by atoms with van der Waals surface area (Å²) >= 11 is 0. The summed E-state index contributed by atoms with van der Waals surface area (Å²) in [4.78, 5) is 15.0. The molecule has 0 aromatic heterocycles. The number of nitrogens with two attached hydrogens (primary N) is 1. The van der Waals surface area contributed by atoms with Crippen LogP contribution in [0.2, 0.25) is 0 Å². The van der Waals surface area contributed by atoms with Crippen LogP contribution < -0.4 is 5.73 Å². The number of hydrogen-bond donors (Lipinski definition) is 1. The zero-order valence-corrected chi connectivity index (χ0v) is 12.3. The van der Waals surface area contributed by atoms with Crippen molar-refractivity contribution in [1.82, 2.24) is 4.90 Å². The highest BCUT2D eigenvalue weighted by molar-refractivity contribution is 5.97. The number of benzene rings is 1. The number of amides is 1. The molecule has 1 amide bonds. The number of rotatable bonds is 1. The van der Waals surface area contributed by atoms with Crippen molar-refractivity contribution < 1.29 is 4.79 Å². The second kappa shape index (κ2) is 5.47. The van der Waals surface area contributed by atoms with Crippen molar-refractivity contribution in [3.05, 3.63) is 29.3 Å². The number of carbonyl (C=O) groups is 1. The Morgan fingerprint density at radius 1 is 1.20 bits per heavy atom. The van der Waals surface area contributed by atoms with Gasteiger partial charge in [0, 0.05) is 23.8 Å². The van der Waals surface area contributed by atoms with E-state index < -0.39 is 0 Å². The van der Waals surface area contributed by atoms with Gasteiger partial charge in [0.1, 0.15) is 0 Å². The lowest BCUT2D eigenvalue weighted by atomic mass is 9.78. The molecule has 2 N–H and O–H groups in total. The smallest absolute Gasteiger partial charge is 0.254 e. The summed E-state index contributed by atoms with van der Waals surface area (Å²) in [5.41, 5.74) is 8.38. The van der Waals surface area contributed by atoms with Gasteiger partial charge in [-0.25, -0.2) is 0 Å². The van der Waals surface area contributed by atoms with Crippen molar-refractivity contribution in [3.63, 3.8) is 0 Å². The molecule has 3 rings (SSSR count). The molecule has 2 fully saturated rings. The molecule has 108 valence electrons. The molecule has 2 aliphatic rings. The molecule has 20 heavy (non-hydrogen) atoms. The minimum atomic E-state index is 0.186. The maximum absolute atomic E-state index is 12.9. The third-order valence-electron chi connectivity index (χ3n) is 5.11. The van der Waals surface area contributed by atoms with Crippen LogP contribution in [0.4, 0.5) is 5.69 Å². The van der Waals surface area contributed by atoms with Crippen molar-refractivity contribution in [2.24, 2.45) is 5.92 Å². The van der Waals surface area contributed by atoms with Gasteiger partial charge in [-0.3, -0.25) is 4.79 Å². The number of carbonyl (C=O) groups excluding carboxylic acids is 1. The van der Waals surface area contributed by atoms with Gasteiger partial charge in [-0.15, -0.1) is 0 Å². The summed E-state index contributed by atoms with van der Waals surface area (Å²) in [6.07, 6.45) is 7.52. The fourth-order valence-corrected chi connectivity index (χ4v) is 3.92. The van der Waals surface area contributed by atoms with Gasteiger partial charge in [0.2, 0.25) is 0 Å². The molecule has 1 aliphatic heterocycles. The van der Waals surface area contributed by atoms with Crippen molar-refractivity contribution in [2.45, 2.75) is 51.5 Å². The molecule has 1 aromatic rings. The fourth-order valence-electron chi connectivity index (χ4n) is 3.92. The first kappa shape index (κ1) is 13.5. The van der Waals surface area contributed by atoms with Gasteiger partial charge < -0.3 is 10.6 Å². The number of hydrogen-bond acceptors (Lipinski definition) is 2. The summed E-state index contributed by atoms with van der Waals surface area (Å²) in [7, 11) is 0. The van der Waals surface area contributed by atoms with Crippen LogP contribution >= 0.6 is 0 Å². The van der Waals surface area contributed by atoms with Crippen LogP contribution in [0.5, 0.6) is 0 Å². The van der Waals surface area contributed by atoms with Crippen LogP contribution in [0, 0.1) is 12.8 Å². The molecule has 1 saturated heterocycles. The summed E-state index contributed by atoms with van der Waals surface area (Å²) < 4.78 is 0. The average Bonchev–Trinajstić information content (AvgIpc) is 2.49. The van der Waals surface area contributed by atoms with Crippen molar-refractivity contribution in [2.75, 3.05) is 12.3 Å². The van der Waals surface area contributed by atoms with Crippen LogP contribution in [-0.4, -0.2) is 23.4 Å². The Morgan fingerprint density at radius 2 is 1.95 bits per heavy atom. The minimum Gasteiger partial charge on any atom is -0.398 e. The predicted molar refractivity (Wildman–Crippen MR) is 81.6 cm³/mol. The van der Waals surface area contributed by atoms with E-state index in [0.29, 0.717) is 11.7 Å². The zero-order valence-electron chi connectivity index (χ0n) is 12.3. The lowest BCUT2D eigenvalue weighted by Crippen LogP contribution is -2.49. The number of nitrogen functional groups attached to an aromatic ring is 1. The average molecular weight is 272 g/mol. The van der Waals surface area contributed by atoms with E-state index in [0.717, 1.165) is 30.0 Å². The van der Waals surface area contributed by atoms with E-state index in [1.54, 1.807) is 0 Å². The van der Waals surface area contributed by atoms with Crippen LogP contribution in [-0.2, 0) is 0 Å². The summed E-state index contributed by atoms with van der Waals surface area (Å²) in [5, 5.41) is 0. The van der Waals surface area contributed by atoms with Crippen LogP contribution in [0.15, 0.2) is 18.2 Å². The summed E-state index contributed by atoms with van der Waals surface area (Å²) in [6.45, 7) is 2.86. The molecule has 0 radical (unpaired) electrons. The third kappa shape index (κ3) is 2.30. The van der Waals surface area contributed by atoms with E-state index in [-0.39, 0.29) is 5.91 Å². The molecule has 1 aliphatic carbocycles. The van der Waals surface area contributed by atoms with E-state index in [9.17, 15) is 4.79 Å². The molecule has 0 bridgehead atoms. The first-order valence-corrected chi connectivity index (χ1v) is 7.84. The highest BCUT2D eigenvalue weighted by atomic mass is 16.2. The Labute approximate surface area is 121 Å². The zero-order chi connectivity index (χ0) is 14.1. The summed E-state index contributed by atoms with van der Waals surface area (Å²) in [5.74, 6) is 0.911. The number of likely N-dealkylation sites (tertiary alicyclic amines) is 1. The van der Waals surface area contributed by atoms with Gasteiger partial charge in [0.15, 0.2) is 0 Å². The molecular formula is C17H24N2O. The molecular weight excluding hydrogens is 248 g/mol. The lowest BCUT2D eigenvalue weighted by Gasteiger charge is -2.44. The van der Waals surface area contributed by atoms with Gasteiger partial charge in [0.05, 0.1) is 0 Å². The number of nitrogens with zero attached hydrogens (tertiary/aromatic N) is 1. The van der Waals surface area contributed by atoms with Crippen molar-refractivity contribution in [1.29, 1.82) is 0 Å². The van der Waals surface area contributed by atoms with E-state index in [1.165, 1.54) is 32.1 Å². The number of fused-ring (bicyclic) bond motifs is 1. The molecule has 1 aromatic carbocycles. The van der Waals surface area contributed by atoms with Crippen molar-refractivity contribution in [3.8, 4) is 0 Å². The van der Waals surface area contributed by atoms with E-state index in [4.69, 9.17) is 5.73 Å². The Hall–Kier alpha value is -1.51. The van der Waals surface area contributed by atoms with Crippen LogP contribution in [0.1, 0.15) is 54.4 Å². The standard InChI is InChI=1S/C17H24N2O/c1-12-14(8-4-9-15(12)18)17(20)19-11-5-7-13-6-2-3-10-16(13)19/h4,8-9,13,16H,2-3,5-7,10-11,18H2,1H3/t13-,16-/m1/s1. The third-order valence-corrected chi connectivity index (χ3v) is 5.11. The monoisotopic (exact) mass is 272 g/mol. The molecule has 2 atom stereocenters. The Balaban J connectivity index is 1.87. The lowest BCUT2D eigenvalue weighted by molar-refractivity contribution is 0.0390.